The van der Waals surface area contributed by atoms with E-state index in [2.05, 4.69) is 5.32 Å². The molecule has 1 N–H and O–H groups in total. The first-order valence-electron chi connectivity index (χ1n) is 13.7. The molecule has 1 saturated heterocycles. The van der Waals surface area contributed by atoms with E-state index in [0.29, 0.717) is 24.2 Å². The van der Waals surface area contributed by atoms with Crippen molar-refractivity contribution >= 4 is 29.4 Å². The zero-order valence-corrected chi connectivity index (χ0v) is 21.3. The van der Waals surface area contributed by atoms with Crippen LogP contribution in [0.2, 0.25) is 5.02 Å². The first-order chi connectivity index (χ1) is 17.0. The zero-order valence-electron chi connectivity index (χ0n) is 20.6. The molecule has 190 valence electrons. The van der Waals surface area contributed by atoms with Crippen LogP contribution < -0.4 is 5.32 Å². The van der Waals surface area contributed by atoms with E-state index in [1.165, 1.54) is 12.8 Å². The summed E-state index contributed by atoms with van der Waals surface area (Å²) in [6.07, 6.45) is 12.0. The van der Waals surface area contributed by atoms with Gasteiger partial charge in [-0.25, -0.2) is 4.79 Å². The third kappa shape index (κ3) is 5.52. The lowest BCUT2D eigenvalue weighted by atomic mass is 9.79. The minimum absolute atomic E-state index is 0.0168. The summed E-state index contributed by atoms with van der Waals surface area (Å²) >= 11 is 6.20. The number of imide groups is 1. The topological polar surface area (TPSA) is 69.7 Å². The molecule has 1 aromatic carbocycles. The first-order valence-corrected chi connectivity index (χ1v) is 14.0. The number of nitrogens with zero attached hydrogens (tertiary/aromatic N) is 2. The van der Waals surface area contributed by atoms with Crippen molar-refractivity contribution < 1.29 is 14.4 Å². The molecule has 0 radical (unpaired) electrons. The summed E-state index contributed by atoms with van der Waals surface area (Å²) in [7, 11) is 0. The fraction of sp³-hybridized carbons (Fsp3) is 0.679. The highest BCUT2D eigenvalue weighted by atomic mass is 35.5. The number of benzene rings is 1. The minimum Gasteiger partial charge on any atom is -0.353 e. The summed E-state index contributed by atoms with van der Waals surface area (Å²) in [6.45, 7) is 0.961. The Kier molecular flexibility index (Phi) is 7.66. The average Bonchev–Trinajstić information content (AvgIpc) is 3.38. The first kappa shape index (κ1) is 24.6. The van der Waals surface area contributed by atoms with Crippen LogP contribution in [-0.2, 0) is 16.1 Å². The van der Waals surface area contributed by atoms with Gasteiger partial charge in [-0.2, -0.15) is 0 Å². The molecule has 1 aromatic rings. The van der Waals surface area contributed by atoms with Gasteiger partial charge in [0.15, 0.2) is 0 Å². The highest BCUT2D eigenvalue weighted by Crippen LogP contribution is 2.37. The molecule has 2 unspecified atom stereocenters. The number of hydrogen-bond acceptors (Lipinski definition) is 3. The number of hydrogen-bond donors (Lipinski definition) is 1. The molecular formula is C28H38ClN3O3. The average molecular weight is 500 g/mol. The summed E-state index contributed by atoms with van der Waals surface area (Å²) < 4.78 is 0. The quantitative estimate of drug-likeness (QED) is 0.559. The van der Waals surface area contributed by atoms with Gasteiger partial charge in [0, 0.05) is 36.1 Å². The number of carbonyl (C=O) groups excluding carboxylic acids is 3. The van der Waals surface area contributed by atoms with Crippen molar-refractivity contribution in [1.82, 2.24) is 15.1 Å². The van der Waals surface area contributed by atoms with E-state index in [9.17, 15) is 14.4 Å². The Balaban J connectivity index is 1.22. The van der Waals surface area contributed by atoms with Gasteiger partial charge in [-0.1, -0.05) is 49.4 Å². The van der Waals surface area contributed by atoms with Crippen LogP contribution >= 0.6 is 11.6 Å². The second-order valence-corrected chi connectivity index (χ2v) is 11.6. The van der Waals surface area contributed by atoms with Gasteiger partial charge in [0.1, 0.15) is 0 Å². The van der Waals surface area contributed by atoms with E-state index in [1.54, 1.807) is 4.90 Å². The molecular weight excluding hydrogens is 462 g/mol. The van der Waals surface area contributed by atoms with Crippen LogP contribution in [0.5, 0.6) is 0 Å². The summed E-state index contributed by atoms with van der Waals surface area (Å²) in [5, 5.41) is 3.91. The van der Waals surface area contributed by atoms with Gasteiger partial charge >= 0.3 is 6.03 Å². The normalized spacial score (nSPS) is 29.9. The lowest BCUT2D eigenvalue weighted by Gasteiger charge is -2.47. The fourth-order valence-corrected chi connectivity index (χ4v) is 7.02. The van der Waals surface area contributed by atoms with Gasteiger partial charge < -0.3 is 10.2 Å². The van der Waals surface area contributed by atoms with E-state index >= 15 is 0 Å². The molecule has 3 saturated carbocycles. The molecule has 35 heavy (non-hydrogen) atoms. The van der Waals surface area contributed by atoms with Crippen molar-refractivity contribution in [2.75, 3.05) is 6.54 Å². The van der Waals surface area contributed by atoms with E-state index in [4.69, 9.17) is 11.6 Å². The Labute approximate surface area is 213 Å². The monoisotopic (exact) mass is 499 g/mol. The maximum absolute atomic E-state index is 13.7. The van der Waals surface area contributed by atoms with Gasteiger partial charge in [0.25, 0.3) is 0 Å². The Morgan fingerprint density at radius 3 is 2.40 bits per heavy atom. The number of rotatable bonds is 6. The van der Waals surface area contributed by atoms with Crippen molar-refractivity contribution in [3.8, 4) is 0 Å². The maximum Gasteiger partial charge on any atom is 0.327 e. The zero-order chi connectivity index (χ0) is 24.4. The van der Waals surface area contributed by atoms with E-state index in [-0.39, 0.29) is 41.6 Å². The molecule has 6 nitrogen and oxygen atoms in total. The van der Waals surface area contributed by atoms with Gasteiger partial charge in [0.05, 0.1) is 5.92 Å². The Bertz CT molecular complexity index is 939. The molecule has 4 aliphatic rings. The van der Waals surface area contributed by atoms with E-state index in [1.807, 2.05) is 29.2 Å². The highest BCUT2D eigenvalue weighted by molar-refractivity contribution is 6.30. The number of halogens is 1. The largest absolute Gasteiger partial charge is 0.353 e. The maximum atomic E-state index is 13.7. The molecule has 1 aliphatic heterocycles. The van der Waals surface area contributed by atoms with Crippen LogP contribution in [-0.4, -0.2) is 46.3 Å². The van der Waals surface area contributed by atoms with E-state index in [0.717, 1.165) is 69.8 Å². The Morgan fingerprint density at radius 2 is 1.66 bits per heavy atom. The number of fused-ring (bicyclic) bond motifs is 1. The summed E-state index contributed by atoms with van der Waals surface area (Å²) in [5.74, 6) is 0.462. The van der Waals surface area contributed by atoms with Gasteiger partial charge in [-0.3, -0.25) is 14.5 Å². The van der Waals surface area contributed by atoms with Crippen LogP contribution in [0.4, 0.5) is 4.79 Å². The summed E-state index contributed by atoms with van der Waals surface area (Å²) in [4.78, 5) is 43.3. The number of nitrogens with one attached hydrogen (secondary N) is 1. The Morgan fingerprint density at radius 1 is 0.943 bits per heavy atom. The molecule has 5 rings (SSSR count). The van der Waals surface area contributed by atoms with Gasteiger partial charge in [-0.05, 0) is 75.0 Å². The molecule has 3 aliphatic carbocycles. The molecule has 7 heteroatoms. The predicted octanol–water partition coefficient (Wildman–Crippen LogP) is 5.53. The van der Waals surface area contributed by atoms with Crippen LogP contribution in [0.25, 0.3) is 0 Å². The molecule has 4 fully saturated rings. The number of amides is 4. The van der Waals surface area contributed by atoms with Crippen molar-refractivity contribution in [2.45, 2.75) is 95.7 Å². The lowest BCUT2D eigenvalue weighted by Crippen LogP contribution is -2.62. The van der Waals surface area contributed by atoms with Crippen LogP contribution in [0, 0.1) is 17.8 Å². The fourth-order valence-electron chi connectivity index (χ4n) is 6.80. The Hall–Kier alpha value is -2.08. The molecule has 1 heterocycles. The van der Waals surface area contributed by atoms with Gasteiger partial charge in [0.2, 0.25) is 11.8 Å². The minimum atomic E-state index is -0.153. The number of urea groups is 1. The predicted molar refractivity (Wildman–Crippen MR) is 136 cm³/mol. The molecule has 2 atom stereocenters. The van der Waals surface area contributed by atoms with Crippen molar-refractivity contribution in [2.24, 2.45) is 17.8 Å². The SMILES string of the molecule is O=C(NC1CCCC1)C1CCC(CN2C(=O)C3CCCCC3N(Cc3cccc(Cl)c3)C2=O)CC1. The van der Waals surface area contributed by atoms with Crippen molar-refractivity contribution in [3.63, 3.8) is 0 Å². The van der Waals surface area contributed by atoms with Crippen LogP contribution in [0.1, 0.15) is 82.6 Å². The summed E-state index contributed by atoms with van der Waals surface area (Å²) in [5.41, 5.74) is 0.998. The van der Waals surface area contributed by atoms with E-state index < -0.39 is 0 Å². The second-order valence-electron chi connectivity index (χ2n) is 11.2. The molecule has 0 aromatic heterocycles. The van der Waals surface area contributed by atoms with Crippen molar-refractivity contribution in [3.05, 3.63) is 34.9 Å². The third-order valence-electron chi connectivity index (χ3n) is 8.79. The second kappa shape index (κ2) is 10.9. The van der Waals surface area contributed by atoms with Crippen molar-refractivity contribution in [1.29, 1.82) is 0 Å². The molecule has 4 amide bonds. The van der Waals surface area contributed by atoms with Crippen LogP contribution in [0.3, 0.4) is 0 Å². The van der Waals surface area contributed by atoms with Crippen LogP contribution in [0.15, 0.2) is 24.3 Å². The standard InChI is InChI=1S/C28H38ClN3O3/c29-22-7-5-6-20(16-22)18-31-25-11-4-3-10-24(25)27(34)32(28(31)35)17-19-12-14-21(15-13-19)26(33)30-23-8-1-2-9-23/h5-7,16,19,21,23-25H,1-4,8-15,17-18H2,(H,30,33). The molecule has 0 spiro atoms. The lowest BCUT2D eigenvalue weighted by molar-refractivity contribution is -0.142. The number of carbonyl (C=O) groups is 3. The molecule has 0 bridgehead atoms. The summed E-state index contributed by atoms with van der Waals surface area (Å²) in [6, 6.07) is 7.84. The smallest absolute Gasteiger partial charge is 0.327 e. The third-order valence-corrected chi connectivity index (χ3v) is 9.03. The van der Waals surface area contributed by atoms with Gasteiger partial charge in [-0.15, -0.1) is 0 Å². The highest BCUT2D eigenvalue weighted by Gasteiger charge is 2.47.